The lowest BCUT2D eigenvalue weighted by Crippen LogP contribution is -2.44. The van der Waals surface area contributed by atoms with Crippen LogP contribution in [0.4, 0.5) is 0 Å². The minimum absolute atomic E-state index is 0.126. The van der Waals surface area contributed by atoms with E-state index in [1.54, 1.807) is 7.11 Å². The molecule has 3 heteroatoms. The maximum absolute atomic E-state index is 6.01. The lowest BCUT2D eigenvalue weighted by molar-refractivity contribution is 0.0846. The van der Waals surface area contributed by atoms with Gasteiger partial charge in [0.25, 0.3) is 0 Å². The molecule has 2 saturated carbocycles. The lowest BCUT2D eigenvalue weighted by atomic mass is 10.2. The third-order valence-electron chi connectivity index (χ3n) is 3.36. The largest absolute Gasteiger partial charge is 0.380 e. The zero-order valence-corrected chi connectivity index (χ0v) is 8.38. The molecule has 0 aromatic rings. The summed E-state index contributed by atoms with van der Waals surface area (Å²) in [6.45, 7) is 0.970. The molecular weight excluding hydrogens is 164 g/mol. The topological polar surface area (TPSA) is 47.3 Å². The van der Waals surface area contributed by atoms with Gasteiger partial charge in [-0.1, -0.05) is 0 Å². The molecule has 0 aromatic heterocycles. The third kappa shape index (κ3) is 2.22. The first-order valence-corrected chi connectivity index (χ1v) is 5.29. The van der Waals surface area contributed by atoms with Crippen molar-refractivity contribution in [3.8, 4) is 0 Å². The smallest absolute Gasteiger partial charge is 0.0724 e. The van der Waals surface area contributed by atoms with Gasteiger partial charge in [0.15, 0.2) is 0 Å². The molecule has 13 heavy (non-hydrogen) atoms. The monoisotopic (exact) mass is 184 g/mol. The maximum atomic E-state index is 6.01. The molecule has 0 saturated heterocycles. The SMILES string of the molecule is COC1CCCC1NCC1(N)CC1. The summed E-state index contributed by atoms with van der Waals surface area (Å²) in [5.74, 6) is 0. The fraction of sp³-hybridized carbons (Fsp3) is 1.00. The van der Waals surface area contributed by atoms with E-state index in [-0.39, 0.29) is 5.54 Å². The van der Waals surface area contributed by atoms with Crippen LogP contribution >= 0.6 is 0 Å². The molecule has 0 spiro atoms. The Morgan fingerprint density at radius 1 is 1.46 bits per heavy atom. The number of rotatable bonds is 4. The van der Waals surface area contributed by atoms with Gasteiger partial charge in [0.2, 0.25) is 0 Å². The molecule has 76 valence electrons. The second-order valence-electron chi connectivity index (χ2n) is 4.55. The number of ether oxygens (including phenoxy) is 1. The van der Waals surface area contributed by atoms with Gasteiger partial charge in [-0.15, -0.1) is 0 Å². The van der Waals surface area contributed by atoms with Crippen molar-refractivity contribution in [2.24, 2.45) is 5.73 Å². The summed E-state index contributed by atoms with van der Waals surface area (Å²) in [4.78, 5) is 0. The van der Waals surface area contributed by atoms with Gasteiger partial charge in [-0.25, -0.2) is 0 Å². The van der Waals surface area contributed by atoms with Crippen LogP contribution in [0.5, 0.6) is 0 Å². The summed E-state index contributed by atoms with van der Waals surface area (Å²) in [6, 6.07) is 0.547. The van der Waals surface area contributed by atoms with Crippen molar-refractivity contribution >= 4 is 0 Å². The van der Waals surface area contributed by atoms with Crippen LogP contribution in [0, 0.1) is 0 Å². The van der Waals surface area contributed by atoms with Crippen molar-refractivity contribution in [2.75, 3.05) is 13.7 Å². The quantitative estimate of drug-likeness (QED) is 0.674. The summed E-state index contributed by atoms with van der Waals surface area (Å²) >= 11 is 0. The average Bonchev–Trinajstić information content (AvgIpc) is 2.69. The average molecular weight is 184 g/mol. The summed E-state index contributed by atoms with van der Waals surface area (Å²) in [5, 5.41) is 3.54. The van der Waals surface area contributed by atoms with E-state index >= 15 is 0 Å². The van der Waals surface area contributed by atoms with Gasteiger partial charge in [0, 0.05) is 25.2 Å². The molecule has 0 bridgehead atoms. The fourth-order valence-electron chi connectivity index (χ4n) is 2.11. The second-order valence-corrected chi connectivity index (χ2v) is 4.55. The van der Waals surface area contributed by atoms with E-state index < -0.39 is 0 Å². The van der Waals surface area contributed by atoms with Gasteiger partial charge in [-0.3, -0.25) is 0 Å². The Hall–Kier alpha value is -0.120. The van der Waals surface area contributed by atoms with Crippen molar-refractivity contribution < 1.29 is 4.74 Å². The van der Waals surface area contributed by atoms with E-state index in [1.807, 2.05) is 0 Å². The molecule has 3 N–H and O–H groups in total. The van der Waals surface area contributed by atoms with E-state index in [4.69, 9.17) is 10.5 Å². The van der Waals surface area contributed by atoms with Crippen LogP contribution in [0.2, 0.25) is 0 Å². The van der Waals surface area contributed by atoms with Gasteiger partial charge >= 0.3 is 0 Å². The minimum Gasteiger partial charge on any atom is -0.380 e. The van der Waals surface area contributed by atoms with Crippen LogP contribution in [-0.4, -0.2) is 31.3 Å². The number of nitrogens with two attached hydrogens (primary N) is 1. The molecule has 2 rings (SSSR count). The highest BCUT2D eigenvalue weighted by molar-refractivity contribution is 5.01. The number of nitrogens with one attached hydrogen (secondary N) is 1. The third-order valence-corrected chi connectivity index (χ3v) is 3.36. The highest BCUT2D eigenvalue weighted by Gasteiger charge is 2.39. The van der Waals surface area contributed by atoms with Gasteiger partial charge in [-0.2, -0.15) is 0 Å². The molecule has 2 unspecified atom stereocenters. The van der Waals surface area contributed by atoms with Crippen LogP contribution < -0.4 is 11.1 Å². The van der Waals surface area contributed by atoms with Gasteiger partial charge < -0.3 is 15.8 Å². The van der Waals surface area contributed by atoms with E-state index in [9.17, 15) is 0 Å². The van der Waals surface area contributed by atoms with Crippen LogP contribution in [-0.2, 0) is 4.74 Å². The summed E-state index contributed by atoms with van der Waals surface area (Å²) < 4.78 is 5.41. The Morgan fingerprint density at radius 3 is 2.85 bits per heavy atom. The first-order chi connectivity index (χ1) is 6.23. The second kappa shape index (κ2) is 3.56. The van der Waals surface area contributed by atoms with Crippen molar-refractivity contribution in [1.29, 1.82) is 0 Å². The number of methoxy groups -OCH3 is 1. The number of hydrogen-bond donors (Lipinski definition) is 2. The fourth-order valence-corrected chi connectivity index (χ4v) is 2.11. The molecule has 0 aromatic carbocycles. The molecule has 0 aliphatic heterocycles. The lowest BCUT2D eigenvalue weighted by Gasteiger charge is -2.21. The molecule has 2 aliphatic rings. The van der Waals surface area contributed by atoms with Crippen molar-refractivity contribution in [2.45, 2.75) is 49.8 Å². The van der Waals surface area contributed by atoms with E-state index in [2.05, 4.69) is 5.32 Å². The standard InChI is InChI=1S/C10H20N2O/c1-13-9-4-2-3-8(9)12-7-10(11)5-6-10/h8-9,12H,2-7,11H2,1H3. The Kier molecular flexibility index (Phi) is 2.58. The van der Waals surface area contributed by atoms with Crippen molar-refractivity contribution in [3.05, 3.63) is 0 Å². The molecular formula is C10H20N2O. The Bertz CT molecular complexity index is 180. The summed E-state index contributed by atoms with van der Waals surface area (Å²) in [6.07, 6.45) is 6.52. The molecule has 0 amide bonds. The van der Waals surface area contributed by atoms with Gasteiger partial charge in [0.1, 0.15) is 0 Å². The highest BCUT2D eigenvalue weighted by atomic mass is 16.5. The zero-order chi connectivity index (χ0) is 9.31. The van der Waals surface area contributed by atoms with Crippen LogP contribution in [0.25, 0.3) is 0 Å². The van der Waals surface area contributed by atoms with Crippen LogP contribution in [0.1, 0.15) is 32.1 Å². The number of hydrogen-bond acceptors (Lipinski definition) is 3. The van der Waals surface area contributed by atoms with Crippen LogP contribution in [0.15, 0.2) is 0 Å². The zero-order valence-electron chi connectivity index (χ0n) is 8.38. The molecule has 2 atom stereocenters. The van der Waals surface area contributed by atoms with Gasteiger partial charge in [-0.05, 0) is 32.1 Å². The molecule has 0 radical (unpaired) electrons. The first kappa shape index (κ1) is 9.44. The molecule has 0 heterocycles. The molecule has 3 nitrogen and oxygen atoms in total. The minimum atomic E-state index is 0.126. The first-order valence-electron chi connectivity index (χ1n) is 5.29. The predicted octanol–water partition coefficient (Wildman–Crippen LogP) is 0.635. The van der Waals surface area contributed by atoms with E-state index in [0.717, 1.165) is 6.54 Å². The van der Waals surface area contributed by atoms with Crippen LogP contribution in [0.3, 0.4) is 0 Å². The van der Waals surface area contributed by atoms with E-state index in [1.165, 1.54) is 32.1 Å². The molecule has 2 fully saturated rings. The van der Waals surface area contributed by atoms with Gasteiger partial charge in [0.05, 0.1) is 6.10 Å². The Balaban J connectivity index is 1.73. The summed E-state index contributed by atoms with van der Waals surface area (Å²) in [5.41, 5.74) is 6.13. The Morgan fingerprint density at radius 2 is 2.23 bits per heavy atom. The highest BCUT2D eigenvalue weighted by Crippen LogP contribution is 2.32. The van der Waals surface area contributed by atoms with Crippen molar-refractivity contribution in [3.63, 3.8) is 0 Å². The van der Waals surface area contributed by atoms with E-state index in [0.29, 0.717) is 12.1 Å². The molecule has 2 aliphatic carbocycles. The Labute approximate surface area is 80.0 Å². The predicted molar refractivity (Wildman–Crippen MR) is 52.6 cm³/mol. The van der Waals surface area contributed by atoms with Crippen molar-refractivity contribution in [1.82, 2.24) is 5.32 Å². The summed E-state index contributed by atoms with van der Waals surface area (Å²) in [7, 11) is 1.81. The normalized spacial score (nSPS) is 36.5. The maximum Gasteiger partial charge on any atom is 0.0724 e.